The van der Waals surface area contributed by atoms with Crippen LogP contribution in [0.5, 0.6) is 0 Å². The maximum absolute atomic E-state index is 12.3. The monoisotopic (exact) mass is 393 g/mol. The molecule has 1 saturated heterocycles. The van der Waals surface area contributed by atoms with Crippen molar-refractivity contribution in [3.05, 3.63) is 46.1 Å². The van der Waals surface area contributed by atoms with E-state index >= 15 is 0 Å². The van der Waals surface area contributed by atoms with Gasteiger partial charge in [-0.05, 0) is 30.3 Å². The number of piperazine rings is 1. The summed E-state index contributed by atoms with van der Waals surface area (Å²) in [6.07, 6.45) is 0. The van der Waals surface area contributed by atoms with Crippen molar-refractivity contribution in [2.24, 2.45) is 0 Å². The summed E-state index contributed by atoms with van der Waals surface area (Å²) in [5.41, 5.74) is 0.586. The zero-order valence-electron chi connectivity index (χ0n) is 14.1. The number of aromatic nitrogens is 2. The summed E-state index contributed by atoms with van der Waals surface area (Å²) in [5, 5.41) is 11.6. The number of nitrogens with one attached hydrogen (secondary N) is 1. The Hall–Kier alpha value is -2.38. The maximum Gasteiger partial charge on any atom is 0.276 e. The van der Waals surface area contributed by atoms with E-state index in [1.54, 1.807) is 42.2 Å². The first-order chi connectivity index (χ1) is 12.4. The van der Waals surface area contributed by atoms with Gasteiger partial charge in [-0.15, -0.1) is 10.2 Å². The van der Waals surface area contributed by atoms with E-state index in [4.69, 9.17) is 23.2 Å². The summed E-state index contributed by atoms with van der Waals surface area (Å²) in [4.78, 5) is 27.5. The number of amides is 2. The number of carbonyl (C=O) groups is 2. The summed E-state index contributed by atoms with van der Waals surface area (Å²) in [6, 6.07) is 8.16. The van der Waals surface area contributed by atoms with Crippen LogP contribution in [0.1, 0.15) is 17.4 Å². The van der Waals surface area contributed by atoms with Crippen molar-refractivity contribution >= 4 is 46.5 Å². The summed E-state index contributed by atoms with van der Waals surface area (Å²) >= 11 is 12.0. The molecule has 1 aromatic carbocycles. The highest BCUT2D eigenvalue weighted by Gasteiger charge is 2.20. The smallest absolute Gasteiger partial charge is 0.276 e. The molecule has 2 aromatic rings. The predicted molar refractivity (Wildman–Crippen MR) is 101 cm³/mol. The van der Waals surface area contributed by atoms with Crippen molar-refractivity contribution in [1.29, 1.82) is 0 Å². The number of halogens is 2. The number of carbonyl (C=O) groups excluding carboxylic acids is 2. The Labute approximate surface area is 160 Å². The van der Waals surface area contributed by atoms with E-state index in [1.165, 1.54) is 0 Å². The Morgan fingerprint density at radius 1 is 1.04 bits per heavy atom. The molecule has 7 nitrogen and oxygen atoms in total. The van der Waals surface area contributed by atoms with Crippen molar-refractivity contribution < 1.29 is 9.59 Å². The maximum atomic E-state index is 12.3. The highest BCUT2D eigenvalue weighted by atomic mass is 35.5. The largest absolute Gasteiger partial charge is 0.352 e. The van der Waals surface area contributed by atoms with Gasteiger partial charge in [-0.2, -0.15) is 0 Å². The van der Waals surface area contributed by atoms with Gasteiger partial charge in [-0.25, -0.2) is 0 Å². The van der Waals surface area contributed by atoms with Crippen LogP contribution in [0, 0.1) is 0 Å². The molecule has 3 rings (SSSR count). The van der Waals surface area contributed by atoms with Crippen LogP contribution in [0.3, 0.4) is 0 Å². The van der Waals surface area contributed by atoms with E-state index in [2.05, 4.69) is 15.5 Å². The topological polar surface area (TPSA) is 78.4 Å². The number of benzene rings is 1. The van der Waals surface area contributed by atoms with Crippen molar-refractivity contribution in [2.45, 2.75) is 6.92 Å². The number of rotatable bonds is 3. The Bertz CT molecular complexity index is 820. The van der Waals surface area contributed by atoms with Gasteiger partial charge in [-0.1, -0.05) is 23.2 Å². The molecule has 1 aliphatic rings. The molecule has 136 valence electrons. The minimum atomic E-state index is -0.422. The number of hydrogen-bond acceptors (Lipinski definition) is 5. The first-order valence-corrected chi connectivity index (χ1v) is 8.80. The normalized spacial score (nSPS) is 14.3. The van der Waals surface area contributed by atoms with Crippen LogP contribution >= 0.6 is 23.2 Å². The van der Waals surface area contributed by atoms with E-state index in [0.717, 1.165) is 0 Å². The summed E-state index contributed by atoms with van der Waals surface area (Å²) in [6.45, 7) is 4.21. The van der Waals surface area contributed by atoms with Gasteiger partial charge in [-0.3, -0.25) is 9.59 Å². The molecule has 1 fully saturated rings. The van der Waals surface area contributed by atoms with Crippen molar-refractivity contribution in [3.8, 4) is 0 Å². The van der Waals surface area contributed by atoms with Gasteiger partial charge in [0, 0.05) is 38.1 Å². The van der Waals surface area contributed by atoms with E-state index in [9.17, 15) is 9.59 Å². The molecule has 9 heteroatoms. The second kappa shape index (κ2) is 7.88. The fraction of sp³-hybridized carbons (Fsp3) is 0.294. The molecule has 0 radical (unpaired) electrons. The molecule has 0 saturated carbocycles. The number of hydrogen-bond donors (Lipinski definition) is 1. The first kappa shape index (κ1) is 18.4. The highest BCUT2D eigenvalue weighted by molar-refractivity contribution is 6.35. The lowest BCUT2D eigenvalue weighted by molar-refractivity contribution is -0.129. The molecule has 0 spiro atoms. The fourth-order valence-electron chi connectivity index (χ4n) is 2.65. The molecule has 1 aromatic heterocycles. The quantitative estimate of drug-likeness (QED) is 0.866. The number of anilines is 2. The second-order valence-electron chi connectivity index (χ2n) is 5.85. The van der Waals surface area contributed by atoms with Crippen molar-refractivity contribution in [3.63, 3.8) is 0 Å². The molecule has 0 atom stereocenters. The summed E-state index contributed by atoms with van der Waals surface area (Å²) in [7, 11) is 0. The average molecular weight is 394 g/mol. The standard InChI is InChI=1S/C17H17Cl2N5O2/c1-11(25)23-6-8-24(9-7-23)16-5-4-14(21-22-16)17(26)20-15-10-12(18)2-3-13(15)19/h2-5,10H,6-9H2,1H3,(H,20,26). The Morgan fingerprint density at radius 2 is 1.77 bits per heavy atom. The van der Waals surface area contributed by atoms with Crippen molar-refractivity contribution in [2.75, 3.05) is 36.4 Å². The average Bonchev–Trinajstić information content (AvgIpc) is 2.65. The SMILES string of the molecule is CC(=O)N1CCN(c2ccc(C(=O)Nc3cc(Cl)ccc3Cl)nn2)CC1. The van der Waals surface area contributed by atoms with Crippen LogP contribution in [0.25, 0.3) is 0 Å². The van der Waals surface area contributed by atoms with E-state index in [-0.39, 0.29) is 11.6 Å². The minimum Gasteiger partial charge on any atom is -0.352 e. The lowest BCUT2D eigenvalue weighted by atomic mass is 10.2. The predicted octanol–water partition coefficient (Wildman–Crippen LogP) is 2.70. The third kappa shape index (κ3) is 4.23. The molecule has 1 aliphatic heterocycles. The molecule has 2 heterocycles. The van der Waals surface area contributed by atoms with Gasteiger partial charge in [0.25, 0.3) is 5.91 Å². The molecule has 2 amide bonds. The highest BCUT2D eigenvalue weighted by Crippen LogP contribution is 2.25. The van der Waals surface area contributed by atoms with Crippen LogP contribution in [-0.2, 0) is 4.79 Å². The Balaban J connectivity index is 1.65. The Morgan fingerprint density at radius 3 is 2.38 bits per heavy atom. The third-order valence-electron chi connectivity index (χ3n) is 4.11. The van der Waals surface area contributed by atoms with Crippen molar-refractivity contribution in [1.82, 2.24) is 15.1 Å². The van der Waals surface area contributed by atoms with E-state index < -0.39 is 5.91 Å². The van der Waals surface area contributed by atoms with Crippen LogP contribution in [-0.4, -0.2) is 53.1 Å². The third-order valence-corrected chi connectivity index (χ3v) is 4.67. The molecular weight excluding hydrogens is 377 g/mol. The molecule has 0 aliphatic carbocycles. The molecule has 1 N–H and O–H groups in total. The zero-order valence-corrected chi connectivity index (χ0v) is 15.6. The summed E-state index contributed by atoms with van der Waals surface area (Å²) < 4.78 is 0. The van der Waals surface area contributed by atoms with E-state index in [0.29, 0.717) is 47.7 Å². The summed E-state index contributed by atoms with van der Waals surface area (Å²) in [5.74, 6) is 0.322. The second-order valence-corrected chi connectivity index (χ2v) is 6.69. The molecular formula is C17H17Cl2N5O2. The van der Waals surface area contributed by atoms with Gasteiger partial charge in [0.15, 0.2) is 11.5 Å². The molecule has 0 bridgehead atoms. The van der Waals surface area contributed by atoms with Gasteiger partial charge in [0.05, 0.1) is 10.7 Å². The van der Waals surface area contributed by atoms with Crippen LogP contribution in [0.4, 0.5) is 11.5 Å². The Kier molecular flexibility index (Phi) is 5.58. The van der Waals surface area contributed by atoms with Gasteiger partial charge in [0.2, 0.25) is 5.91 Å². The zero-order chi connectivity index (χ0) is 18.7. The molecule has 26 heavy (non-hydrogen) atoms. The minimum absolute atomic E-state index is 0.0717. The van der Waals surface area contributed by atoms with Gasteiger partial charge in [0.1, 0.15) is 0 Å². The van der Waals surface area contributed by atoms with Gasteiger partial charge < -0.3 is 15.1 Å². The van der Waals surface area contributed by atoms with Crippen LogP contribution in [0.15, 0.2) is 30.3 Å². The molecule has 0 unspecified atom stereocenters. The first-order valence-electron chi connectivity index (χ1n) is 8.04. The number of nitrogens with zero attached hydrogens (tertiary/aromatic N) is 4. The van der Waals surface area contributed by atoms with Crippen LogP contribution in [0.2, 0.25) is 10.0 Å². The van der Waals surface area contributed by atoms with Gasteiger partial charge >= 0.3 is 0 Å². The van der Waals surface area contributed by atoms with E-state index in [1.807, 2.05) is 4.90 Å². The lowest BCUT2D eigenvalue weighted by Crippen LogP contribution is -2.48. The fourth-order valence-corrected chi connectivity index (χ4v) is 2.98. The lowest BCUT2D eigenvalue weighted by Gasteiger charge is -2.34. The van der Waals surface area contributed by atoms with Crippen LogP contribution < -0.4 is 10.2 Å².